The highest BCUT2D eigenvalue weighted by Crippen LogP contribution is 2.36. The fraction of sp³-hybridized carbons (Fsp3) is 0.462. The van der Waals surface area contributed by atoms with E-state index in [9.17, 15) is 9.90 Å². The molecule has 0 saturated carbocycles. The van der Waals surface area contributed by atoms with E-state index in [1.165, 1.54) is 5.56 Å². The molecule has 3 rings (SSSR count). The van der Waals surface area contributed by atoms with E-state index in [0.29, 0.717) is 13.1 Å². The molecule has 0 aliphatic carbocycles. The quantitative estimate of drug-likeness (QED) is 0.796. The molecule has 0 amide bonds. The number of hydrogen-bond donors (Lipinski definition) is 2. The van der Waals surface area contributed by atoms with Gasteiger partial charge in [0.1, 0.15) is 5.41 Å². The predicted octanol–water partition coefficient (Wildman–Crippen LogP) is 0.922. The third-order valence-corrected chi connectivity index (χ3v) is 3.86. The summed E-state index contributed by atoms with van der Waals surface area (Å²) in [6, 6.07) is 6.04. The number of hydrogen-bond acceptors (Lipinski definition) is 3. The SMILES string of the molecule is CN1CC(C(=O)O)(c2ccc3c(c2)CCN3)C1. The molecule has 0 unspecified atom stereocenters. The Kier molecular flexibility index (Phi) is 2.16. The van der Waals surface area contributed by atoms with Crippen LogP contribution in [0.1, 0.15) is 11.1 Å². The van der Waals surface area contributed by atoms with Crippen molar-refractivity contribution in [2.75, 3.05) is 32.0 Å². The number of carboxylic acids is 1. The summed E-state index contributed by atoms with van der Waals surface area (Å²) in [6.07, 6.45) is 0.995. The minimum Gasteiger partial charge on any atom is -0.481 e. The summed E-state index contributed by atoms with van der Waals surface area (Å²) >= 11 is 0. The van der Waals surface area contributed by atoms with Gasteiger partial charge in [0, 0.05) is 25.3 Å². The number of benzene rings is 1. The summed E-state index contributed by atoms with van der Waals surface area (Å²) in [7, 11) is 1.95. The van der Waals surface area contributed by atoms with Gasteiger partial charge in [0.2, 0.25) is 0 Å². The first kappa shape index (κ1) is 10.6. The summed E-state index contributed by atoms with van der Waals surface area (Å²) in [5, 5.41) is 12.8. The van der Waals surface area contributed by atoms with E-state index in [4.69, 9.17) is 0 Å². The second kappa shape index (κ2) is 3.47. The van der Waals surface area contributed by atoms with Crippen molar-refractivity contribution in [3.8, 4) is 0 Å². The van der Waals surface area contributed by atoms with Gasteiger partial charge in [-0.1, -0.05) is 12.1 Å². The van der Waals surface area contributed by atoms with Gasteiger partial charge in [-0.05, 0) is 30.7 Å². The van der Waals surface area contributed by atoms with Gasteiger partial charge in [-0.3, -0.25) is 4.79 Å². The van der Waals surface area contributed by atoms with Crippen LogP contribution in [0, 0.1) is 0 Å². The molecule has 4 nitrogen and oxygen atoms in total. The van der Waals surface area contributed by atoms with Gasteiger partial charge in [-0.2, -0.15) is 0 Å². The van der Waals surface area contributed by atoms with Gasteiger partial charge in [-0.25, -0.2) is 0 Å². The first-order valence-corrected chi connectivity index (χ1v) is 5.91. The monoisotopic (exact) mass is 232 g/mol. The lowest BCUT2D eigenvalue weighted by molar-refractivity contribution is -0.150. The molecule has 4 heteroatoms. The van der Waals surface area contributed by atoms with E-state index >= 15 is 0 Å². The van der Waals surface area contributed by atoms with Crippen LogP contribution in [-0.4, -0.2) is 42.7 Å². The van der Waals surface area contributed by atoms with Crippen LogP contribution in [0.5, 0.6) is 0 Å². The van der Waals surface area contributed by atoms with E-state index in [1.807, 2.05) is 24.1 Å². The number of carboxylic acid groups (broad SMARTS) is 1. The van der Waals surface area contributed by atoms with E-state index in [1.54, 1.807) is 0 Å². The zero-order valence-corrected chi connectivity index (χ0v) is 9.86. The highest BCUT2D eigenvalue weighted by molar-refractivity contribution is 5.84. The summed E-state index contributed by atoms with van der Waals surface area (Å²) < 4.78 is 0. The molecule has 0 bridgehead atoms. The zero-order chi connectivity index (χ0) is 12.0. The van der Waals surface area contributed by atoms with Gasteiger partial charge in [0.25, 0.3) is 0 Å². The molecule has 17 heavy (non-hydrogen) atoms. The molecule has 2 aliphatic heterocycles. The molecule has 2 aliphatic rings. The van der Waals surface area contributed by atoms with Crippen molar-refractivity contribution in [1.82, 2.24) is 4.90 Å². The number of nitrogens with one attached hydrogen (secondary N) is 1. The van der Waals surface area contributed by atoms with E-state index in [0.717, 1.165) is 24.2 Å². The van der Waals surface area contributed by atoms with Crippen molar-refractivity contribution in [3.63, 3.8) is 0 Å². The van der Waals surface area contributed by atoms with Crippen LogP contribution in [0.15, 0.2) is 18.2 Å². The Bertz CT molecular complexity index is 478. The average molecular weight is 232 g/mol. The lowest BCUT2D eigenvalue weighted by Gasteiger charge is -2.45. The van der Waals surface area contributed by atoms with Crippen LogP contribution in [0.3, 0.4) is 0 Å². The van der Waals surface area contributed by atoms with Gasteiger partial charge >= 0.3 is 5.97 Å². The van der Waals surface area contributed by atoms with Crippen molar-refractivity contribution in [3.05, 3.63) is 29.3 Å². The topological polar surface area (TPSA) is 52.6 Å². The number of likely N-dealkylation sites (tertiary alicyclic amines) is 1. The van der Waals surface area contributed by atoms with E-state index < -0.39 is 11.4 Å². The molecule has 2 N–H and O–H groups in total. The molecule has 1 saturated heterocycles. The van der Waals surface area contributed by atoms with Crippen molar-refractivity contribution in [1.29, 1.82) is 0 Å². The number of likely N-dealkylation sites (N-methyl/N-ethyl adjacent to an activating group) is 1. The molecule has 2 heterocycles. The van der Waals surface area contributed by atoms with Crippen LogP contribution in [-0.2, 0) is 16.6 Å². The third-order valence-electron chi connectivity index (χ3n) is 3.86. The van der Waals surface area contributed by atoms with Gasteiger partial charge in [0.05, 0.1) is 0 Å². The highest BCUT2D eigenvalue weighted by atomic mass is 16.4. The molecule has 1 aromatic rings. The van der Waals surface area contributed by atoms with Crippen molar-refractivity contribution >= 4 is 11.7 Å². The van der Waals surface area contributed by atoms with Crippen LogP contribution < -0.4 is 5.32 Å². The second-order valence-electron chi connectivity index (χ2n) is 5.11. The van der Waals surface area contributed by atoms with Crippen molar-refractivity contribution in [2.24, 2.45) is 0 Å². The van der Waals surface area contributed by atoms with Crippen LogP contribution in [0.25, 0.3) is 0 Å². The second-order valence-corrected chi connectivity index (χ2v) is 5.11. The van der Waals surface area contributed by atoms with Gasteiger partial charge in [0.15, 0.2) is 0 Å². The molecule has 0 aromatic heterocycles. The number of nitrogens with zero attached hydrogens (tertiary/aromatic N) is 1. The molecular weight excluding hydrogens is 216 g/mol. The Balaban J connectivity index is 2.00. The third kappa shape index (κ3) is 1.44. The summed E-state index contributed by atoms with van der Waals surface area (Å²) in [4.78, 5) is 13.5. The summed E-state index contributed by atoms with van der Waals surface area (Å²) in [5.41, 5.74) is 2.66. The number of fused-ring (bicyclic) bond motifs is 1. The Morgan fingerprint density at radius 2 is 2.24 bits per heavy atom. The lowest BCUT2D eigenvalue weighted by Crippen LogP contribution is -2.61. The first-order valence-electron chi connectivity index (χ1n) is 5.91. The normalized spacial score (nSPS) is 21.5. The van der Waals surface area contributed by atoms with Crippen molar-refractivity contribution < 1.29 is 9.90 Å². The Morgan fingerprint density at radius 3 is 2.88 bits per heavy atom. The van der Waals surface area contributed by atoms with Crippen molar-refractivity contribution in [2.45, 2.75) is 11.8 Å². The highest BCUT2D eigenvalue weighted by Gasteiger charge is 2.49. The summed E-state index contributed by atoms with van der Waals surface area (Å²) in [5.74, 6) is -0.707. The molecule has 90 valence electrons. The lowest BCUT2D eigenvalue weighted by atomic mass is 9.73. The van der Waals surface area contributed by atoms with Gasteiger partial charge in [-0.15, -0.1) is 0 Å². The average Bonchev–Trinajstić information content (AvgIpc) is 2.70. The molecule has 1 fully saturated rings. The Labute approximate surface area is 100 Å². The maximum Gasteiger partial charge on any atom is 0.316 e. The minimum atomic E-state index is -0.707. The standard InChI is InChI=1S/C13H16N2O2/c1-15-7-13(8-15,12(16)17)10-2-3-11-9(6-10)4-5-14-11/h2-3,6,14H,4-5,7-8H2,1H3,(H,16,17). The summed E-state index contributed by atoms with van der Waals surface area (Å²) in [6.45, 7) is 2.17. The smallest absolute Gasteiger partial charge is 0.316 e. The fourth-order valence-corrected chi connectivity index (χ4v) is 2.92. The fourth-order valence-electron chi connectivity index (χ4n) is 2.92. The molecule has 0 atom stereocenters. The number of carbonyl (C=O) groups is 1. The molecule has 0 spiro atoms. The molecular formula is C13H16N2O2. The Morgan fingerprint density at radius 1 is 1.47 bits per heavy atom. The van der Waals surface area contributed by atoms with Crippen LogP contribution >= 0.6 is 0 Å². The Hall–Kier alpha value is -1.55. The number of rotatable bonds is 2. The van der Waals surface area contributed by atoms with Gasteiger partial charge < -0.3 is 15.3 Å². The number of anilines is 1. The minimum absolute atomic E-state index is 0.606. The zero-order valence-electron chi connectivity index (χ0n) is 9.86. The van der Waals surface area contributed by atoms with E-state index in [2.05, 4.69) is 11.4 Å². The maximum atomic E-state index is 11.5. The van der Waals surface area contributed by atoms with Crippen LogP contribution in [0.2, 0.25) is 0 Å². The predicted molar refractivity (Wildman–Crippen MR) is 65.4 cm³/mol. The first-order chi connectivity index (χ1) is 8.12. The van der Waals surface area contributed by atoms with Crippen LogP contribution in [0.4, 0.5) is 5.69 Å². The molecule has 0 radical (unpaired) electrons. The number of aliphatic carboxylic acids is 1. The molecule has 1 aromatic carbocycles. The largest absolute Gasteiger partial charge is 0.481 e. The maximum absolute atomic E-state index is 11.5. The van der Waals surface area contributed by atoms with E-state index in [-0.39, 0.29) is 0 Å².